The normalized spacial score (nSPS) is 11.1. The van der Waals surface area contributed by atoms with Crippen LogP contribution in [0.4, 0.5) is 10.3 Å². The summed E-state index contributed by atoms with van der Waals surface area (Å²) in [5.41, 5.74) is 8.73. The maximum Gasteiger partial charge on any atom is 0.201 e. The molecule has 20 heavy (non-hydrogen) atoms. The van der Waals surface area contributed by atoms with Crippen molar-refractivity contribution >= 4 is 28.6 Å². The third-order valence-corrected chi connectivity index (χ3v) is 3.51. The van der Waals surface area contributed by atoms with E-state index in [0.717, 1.165) is 23.0 Å². The van der Waals surface area contributed by atoms with E-state index in [4.69, 9.17) is 17.3 Å². The molecule has 0 aliphatic rings. The van der Waals surface area contributed by atoms with Crippen LogP contribution in [0, 0.1) is 5.82 Å². The molecule has 1 aromatic heterocycles. The predicted molar refractivity (Wildman–Crippen MR) is 79.3 cm³/mol. The van der Waals surface area contributed by atoms with Gasteiger partial charge in [-0.1, -0.05) is 23.7 Å². The molecule has 0 aliphatic carbocycles. The molecular formula is C15H13ClFN3. The summed E-state index contributed by atoms with van der Waals surface area (Å²) in [5, 5.41) is 0.653. The minimum absolute atomic E-state index is 0.229. The van der Waals surface area contributed by atoms with E-state index in [1.165, 1.54) is 12.1 Å². The average molecular weight is 290 g/mol. The molecule has 0 saturated heterocycles. The lowest BCUT2D eigenvalue weighted by atomic mass is 10.1. The Bertz CT molecular complexity index is 750. The van der Waals surface area contributed by atoms with E-state index >= 15 is 0 Å². The van der Waals surface area contributed by atoms with Crippen molar-refractivity contribution in [1.82, 2.24) is 9.55 Å². The molecule has 3 nitrogen and oxygen atoms in total. The van der Waals surface area contributed by atoms with Gasteiger partial charge in [-0.3, -0.25) is 0 Å². The van der Waals surface area contributed by atoms with Gasteiger partial charge in [0, 0.05) is 11.6 Å². The number of fused-ring (bicyclic) bond motifs is 1. The standard InChI is InChI=1S/C15H13ClFN3/c16-11-3-6-13-14(9-11)20(15(18)19-13)8-7-10-1-4-12(17)5-2-10/h1-6,9H,7-8H2,(H2,18,19). The molecule has 2 N–H and O–H groups in total. The van der Waals surface area contributed by atoms with Gasteiger partial charge in [0.2, 0.25) is 5.95 Å². The van der Waals surface area contributed by atoms with Crippen molar-refractivity contribution in [3.63, 3.8) is 0 Å². The van der Waals surface area contributed by atoms with Gasteiger partial charge in [0.25, 0.3) is 0 Å². The van der Waals surface area contributed by atoms with E-state index in [2.05, 4.69) is 4.98 Å². The molecule has 102 valence electrons. The third kappa shape index (κ3) is 2.47. The number of aromatic nitrogens is 2. The van der Waals surface area contributed by atoms with E-state index in [9.17, 15) is 4.39 Å². The second-order valence-corrected chi connectivity index (χ2v) is 5.07. The van der Waals surface area contributed by atoms with Gasteiger partial charge in [0.1, 0.15) is 5.82 Å². The first-order valence-electron chi connectivity index (χ1n) is 6.29. The zero-order valence-electron chi connectivity index (χ0n) is 10.7. The molecule has 0 bridgehead atoms. The summed E-state index contributed by atoms with van der Waals surface area (Å²) in [6, 6.07) is 12.0. The lowest BCUT2D eigenvalue weighted by molar-refractivity contribution is 0.626. The van der Waals surface area contributed by atoms with E-state index in [1.54, 1.807) is 18.2 Å². The van der Waals surface area contributed by atoms with Gasteiger partial charge in [-0.2, -0.15) is 0 Å². The maximum absolute atomic E-state index is 12.9. The van der Waals surface area contributed by atoms with Gasteiger partial charge in [-0.15, -0.1) is 0 Å². The number of hydrogen-bond acceptors (Lipinski definition) is 2. The topological polar surface area (TPSA) is 43.8 Å². The molecule has 0 radical (unpaired) electrons. The Kier molecular flexibility index (Phi) is 3.32. The number of anilines is 1. The van der Waals surface area contributed by atoms with Crippen LogP contribution >= 0.6 is 11.6 Å². The number of nitrogen functional groups attached to an aromatic ring is 1. The van der Waals surface area contributed by atoms with Gasteiger partial charge >= 0.3 is 0 Å². The Morgan fingerprint density at radius 2 is 1.90 bits per heavy atom. The monoisotopic (exact) mass is 289 g/mol. The number of halogens is 2. The summed E-state index contributed by atoms with van der Waals surface area (Å²) in [7, 11) is 0. The van der Waals surface area contributed by atoms with Crippen LogP contribution in [0.2, 0.25) is 5.02 Å². The summed E-state index contributed by atoms with van der Waals surface area (Å²) < 4.78 is 14.8. The van der Waals surface area contributed by atoms with Crippen LogP contribution in [0.5, 0.6) is 0 Å². The van der Waals surface area contributed by atoms with Crippen molar-refractivity contribution < 1.29 is 4.39 Å². The zero-order chi connectivity index (χ0) is 14.1. The fourth-order valence-electron chi connectivity index (χ4n) is 2.24. The van der Waals surface area contributed by atoms with Crippen LogP contribution in [-0.2, 0) is 13.0 Å². The average Bonchev–Trinajstić information content (AvgIpc) is 2.73. The van der Waals surface area contributed by atoms with E-state index in [0.29, 0.717) is 17.5 Å². The SMILES string of the molecule is Nc1nc2ccc(Cl)cc2n1CCc1ccc(F)cc1. The Labute approximate surface area is 120 Å². The van der Waals surface area contributed by atoms with Gasteiger partial charge in [-0.05, 0) is 42.3 Å². The molecule has 3 rings (SSSR count). The fourth-order valence-corrected chi connectivity index (χ4v) is 2.41. The van der Waals surface area contributed by atoms with Crippen molar-refractivity contribution in [2.24, 2.45) is 0 Å². The molecule has 5 heteroatoms. The highest BCUT2D eigenvalue weighted by Gasteiger charge is 2.08. The molecule has 0 amide bonds. The number of hydrogen-bond donors (Lipinski definition) is 1. The maximum atomic E-state index is 12.9. The molecule has 0 spiro atoms. The summed E-state index contributed by atoms with van der Waals surface area (Å²) in [6.45, 7) is 0.675. The first-order chi connectivity index (χ1) is 9.63. The largest absolute Gasteiger partial charge is 0.369 e. The van der Waals surface area contributed by atoms with Gasteiger partial charge in [0.05, 0.1) is 11.0 Å². The van der Waals surface area contributed by atoms with Crippen molar-refractivity contribution in [3.05, 3.63) is 58.9 Å². The molecule has 0 saturated carbocycles. The Morgan fingerprint density at radius 3 is 2.65 bits per heavy atom. The molecule has 1 heterocycles. The molecule has 0 fully saturated rings. The summed E-state index contributed by atoms with van der Waals surface area (Å²) in [4.78, 5) is 4.30. The quantitative estimate of drug-likeness (QED) is 0.800. The number of nitrogens with two attached hydrogens (primary N) is 1. The Hall–Kier alpha value is -2.07. The number of aryl methyl sites for hydroxylation is 2. The summed E-state index contributed by atoms with van der Waals surface area (Å²) in [5.74, 6) is 0.234. The van der Waals surface area contributed by atoms with Crippen LogP contribution in [0.15, 0.2) is 42.5 Å². The molecule has 2 aromatic carbocycles. The van der Waals surface area contributed by atoms with Crippen molar-refractivity contribution in [2.75, 3.05) is 5.73 Å². The van der Waals surface area contributed by atoms with E-state index in [-0.39, 0.29) is 5.82 Å². The predicted octanol–water partition coefficient (Wildman–Crippen LogP) is 3.65. The highest BCUT2D eigenvalue weighted by Crippen LogP contribution is 2.22. The minimum atomic E-state index is -0.229. The third-order valence-electron chi connectivity index (χ3n) is 3.28. The fraction of sp³-hybridized carbons (Fsp3) is 0.133. The number of nitrogens with zero attached hydrogens (tertiary/aromatic N) is 2. The van der Waals surface area contributed by atoms with Crippen LogP contribution in [0.25, 0.3) is 11.0 Å². The van der Waals surface area contributed by atoms with Crippen LogP contribution < -0.4 is 5.73 Å². The van der Waals surface area contributed by atoms with Crippen LogP contribution in [0.1, 0.15) is 5.56 Å². The van der Waals surface area contributed by atoms with Crippen LogP contribution in [-0.4, -0.2) is 9.55 Å². The Morgan fingerprint density at radius 1 is 1.15 bits per heavy atom. The highest BCUT2D eigenvalue weighted by atomic mass is 35.5. The van der Waals surface area contributed by atoms with E-state index in [1.807, 2.05) is 16.7 Å². The zero-order valence-corrected chi connectivity index (χ0v) is 11.4. The first kappa shape index (κ1) is 12.9. The van der Waals surface area contributed by atoms with Crippen LogP contribution in [0.3, 0.4) is 0 Å². The number of imidazole rings is 1. The smallest absolute Gasteiger partial charge is 0.201 e. The molecule has 0 aliphatic heterocycles. The van der Waals surface area contributed by atoms with Gasteiger partial charge in [-0.25, -0.2) is 9.37 Å². The van der Waals surface area contributed by atoms with Gasteiger partial charge in [0.15, 0.2) is 0 Å². The number of benzene rings is 2. The van der Waals surface area contributed by atoms with Crippen molar-refractivity contribution in [1.29, 1.82) is 0 Å². The summed E-state index contributed by atoms with van der Waals surface area (Å²) in [6.07, 6.45) is 0.752. The Balaban J connectivity index is 1.88. The summed E-state index contributed by atoms with van der Waals surface area (Å²) >= 11 is 6.01. The van der Waals surface area contributed by atoms with Crippen molar-refractivity contribution in [2.45, 2.75) is 13.0 Å². The second kappa shape index (κ2) is 5.13. The van der Waals surface area contributed by atoms with Gasteiger partial charge < -0.3 is 10.3 Å². The molecule has 3 aromatic rings. The molecule has 0 unspecified atom stereocenters. The minimum Gasteiger partial charge on any atom is -0.369 e. The van der Waals surface area contributed by atoms with Crippen molar-refractivity contribution in [3.8, 4) is 0 Å². The highest BCUT2D eigenvalue weighted by molar-refractivity contribution is 6.31. The molecule has 0 atom stereocenters. The lowest BCUT2D eigenvalue weighted by Gasteiger charge is -2.07. The molecular weight excluding hydrogens is 277 g/mol. The number of rotatable bonds is 3. The van der Waals surface area contributed by atoms with E-state index < -0.39 is 0 Å². The lowest BCUT2D eigenvalue weighted by Crippen LogP contribution is -2.05. The first-order valence-corrected chi connectivity index (χ1v) is 6.67. The second-order valence-electron chi connectivity index (χ2n) is 4.63.